The minimum absolute atomic E-state index is 0.268. The van der Waals surface area contributed by atoms with E-state index in [-0.39, 0.29) is 12.5 Å². The highest BCUT2D eigenvalue weighted by Gasteiger charge is 2.37. The quantitative estimate of drug-likeness (QED) is 0.322. The predicted octanol–water partition coefficient (Wildman–Crippen LogP) is 4.52. The Morgan fingerprint density at radius 3 is 2.16 bits per heavy atom. The Balaban J connectivity index is 3.51. The largest absolute Gasteiger partial charge is 0.444 e. The van der Waals surface area contributed by atoms with Crippen molar-refractivity contribution >= 4 is 23.8 Å². The van der Waals surface area contributed by atoms with Gasteiger partial charge in [0.2, 0.25) is 17.7 Å². The average Bonchev–Trinajstić information content (AvgIpc) is 2.74. The van der Waals surface area contributed by atoms with Gasteiger partial charge < -0.3 is 26.0 Å². The number of amides is 4. The molecule has 2 unspecified atom stereocenters. The van der Waals surface area contributed by atoms with Crippen LogP contribution in [-0.4, -0.2) is 52.4 Å². The number of hydrogen-bond acceptors (Lipinski definition) is 5. The van der Waals surface area contributed by atoms with Crippen molar-refractivity contribution in [3.05, 3.63) is 35.4 Å². The van der Waals surface area contributed by atoms with Gasteiger partial charge in [-0.25, -0.2) is 4.79 Å². The highest BCUT2D eigenvalue weighted by molar-refractivity contribution is 5.94. The molecule has 9 heteroatoms. The SMILES string of the molecule is CCCCCCCN(C(=O)C(CC(N)=O)NC(=O)OC(C)(C)C)C(C(=O)NC(C)(C)C)c1cccc(C)c1. The normalized spacial score (nSPS) is 13.3. The van der Waals surface area contributed by atoms with Gasteiger partial charge in [0.15, 0.2) is 0 Å². The third kappa shape index (κ3) is 12.4. The van der Waals surface area contributed by atoms with Gasteiger partial charge in [-0.15, -0.1) is 0 Å². The van der Waals surface area contributed by atoms with E-state index in [4.69, 9.17) is 10.5 Å². The second-order valence-electron chi connectivity index (χ2n) is 11.9. The minimum Gasteiger partial charge on any atom is -0.444 e. The van der Waals surface area contributed by atoms with Gasteiger partial charge >= 0.3 is 6.09 Å². The van der Waals surface area contributed by atoms with Gasteiger partial charge in [0.05, 0.1) is 6.42 Å². The lowest BCUT2D eigenvalue weighted by Gasteiger charge is -2.36. The van der Waals surface area contributed by atoms with Crippen molar-refractivity contribution in [2.45, 2.75) is 117 Å². The molecule has 0 aliphatic heterocycles. The molecule has 0 saturated carbocycles. The summed E-state index contributed by atoms with van der Waals surface area (Å²) < 4.78 is 5.33. The summed E-state index contributed by atoms with van der Waals surface area (Å²) >= 11 is 0. The maximum atomic E-state index is 14.0. The van der Waals surface area contributed by atoms with Gasteiger partial charge in [-0.2, -0.15) is 0 Å². The molecule has 9 nitrogen and oxygen atoms in total. The molecule has 1 aromatic rings. The molecule has 1 rings (SSSR count). The zero-order valence-corrected chi connectivity index (χ0v) is 24.5. The first-order valence-electron chi connectivity index (χ1n) is 13.5. The maximum absolute atomic E-state index is 14.0. The number of unbranched alkanes of at least 4 members (excludes halogenated alkanes) is 4. The summed E-state index contributed by atoms with van der Waals surface area (Å²) in [5.41, 5.74) is 5.69. The molecule has 0 aliphatic carbocycles. The zero-order chi connectivity index (χ0) is 29.1. The van der Waals surface area contributed by atoms with Crippen molar-refractivity contribution in [2.24, 2.45) is 5.73 Å². The summed E-state index contributed by atoms with van der Waals surface area (Å²) in [7, 11) is 0. The molecule has 0 spiro atoms. The Morgan fingerprint density at radius 2 is 1.63 bits per heavy atom. The molecule has 0 bridgehead atoms. The van der Waals surface area contributed by atoms with Crippen molar-refractivity contribution in [2.75, 3.05) is 6.54 Å². The Hall–Kier alpha value is -3.10. The number of nitrogens with zero attached hydrogens (tertiary/aromatic N) is 1. The second kappa shape index (κ2) is 14.7. The molecule has 38 heavy (non-hydrogen) atoms. The second-order valence-corrected chi connectivity index (χ2v) is 11.9. The molecule has 2 atom stereocenters. The van der Waals surface area contributed by atoms with Crippen LogP contribution in [0.3, 0.4) is 0 Å². The maximum Gasteiger partial charge on any atom is 0.408 e. The first kappa shape index (κ1) is 32.9. The smallest absolute Gasteiger partial charge is 0.408 e. The summed E-state index contributed by atoms with van der Waals surface area (Å²) in [5.74, 6) is -1.67. The van der Waals surface area contributed by atoms with Gasteiger partial charge in [0.25, 0.3) is 0 Å². The Kier molecular flexibility index (Phi) is 12.8. The van der Waals surface area contributed by atoms with Crippen LogP contribution in [0.5, 0.6) is 0 Å². The highest BCUT2D eigenvalue weighted by atomic mass is 16.6. The zero-order valence-electron chi connectivity index (χ0n) is 24.5. The van der Waals surface area contributed by atoms with E-state index in [2.05, 4.69) is 17.6 Å². The number of carbonyl (C=O) groups is 4. The van der Waals surface area contributed by atoms with E-state index in [1.54, 1.807) is 20.8 Å². The fraction of sp³-hybridized carbons (Fsp3) is 0.655. The van der Waals surface area contributed by atoms with E-state index < -0.39 is 47.6 Å². The van der Waals surface area contributed by atoms with Crippen LogP contribution in [0.4, 0.5) is 4.79 Å². The number of alkyl carbamates (subject to hydrolysis) is 1. The van der Waals surface area contributed by atoms with Crippen molar-refractivity contribution in [1.82, 2.24) is 15.5 Å². The van der Waals surface area contributed by atoms with E-state index in [0.717, 1.165) is 31.2 Å². The molecule has 4 N–H and O–H groups in total. The summed E-state index contributed by atoms with van der Waals surface area (Å²) in [6.07, 6.45) is 3.42. The van der Waals surface area contributed by atoms with Gasteiger partial charge in [0, 0.05) is 12.1 Å². The van der Waals surface area contributed by atoms with E-state index in [1.807, 2.05) is 52.0 Å². The standard InChI is InChI=1S/C29H48N4O5/c1-9-10-11-12-13-17-33(26(36)22(19-23(30)34)31-27(37)38-29(6,7)8)24(25(35)32-28(3,4)5)21-16-14-15-20(2)18-21/h14-16,18,22,24H,9-13,17,19H2,1-8H3,(H2,30,34)(H,31,37)(H,32,35). The summed E-state index contributed by atoms with van der Waals surface area (Å²) in [6, 6.07) is 5.18. The number of nitrogens with two attached hydrogens (primary N) is 1. The van der Waals surface area contributed by atoms with Crippen LogP contribution in [0.2, 0.25) is 0 Å². The monoisotopic (exact) mass is 532 g/mol. The average molecular weight is 533 g/mol. The molecule has 0 fully saturated rings. The number of nitrogens with one attached hydrogen (secondary N) is 2. The van der Waals surface area contributed by atoms with Crippen LogP contribution in [0.25, 0.3) is 0 Å². The van der Waals surface area contributed by atoms with E-state index >= 15 is 0 Å². The molecule has 0 saturated heterocycles. The first-order chi connectivity index (χ1) is 17.5. The van der Waals surface area contributed by atoms with Crippen molar-refractivity contribution in [1.29, 1.82) is 0 Å². The van der Waals surface area contributed by atoms with Crippen LogP contribution < -0.4 is 16.4 Å². The van der Waals surface area contributed by atoms with Crippen LogP contribution in [0.1, 0.15) is 104 Å². The summed E-state index contributed by atoms with van der Waals surface area (Å²) in [6.45, 7) is 15.0. The minimum atomic E-state index is -1.28. The number of rotatable bonds is 13. The third-order valence-corrected chi connectivity index (χ3v) is 5.60. The van der Waals surface area contributed by atoms with E-state index in [0.29, 0.717) is 12.0 Å². The van der Waals surface area contributed by atoms with Gasteiger partial charge in [-0.05, 0) is 60.5 Å². The van der Waals surface area contributed by atoms with Crippen molar-refractivity contribution < 1.29 is 23.9 Å². The number of hydrogen-bond donors (Lipinski definition) is 3. The lowest BCUT2D eigenvalue weighted by molar-refractivity contribution is -0.144. The molecule has 1 aromatic carbocycles. The lowest BCUT2D eigenvalue weighted by Crippen LogP contribution is -2.55. The van der Waals surface area contributed by atoms with Crippen molar-refractivity contribution in [3.63, 3.8) is 0 Å². The number of benzene rings is 1. The molecule has 214 valence electrons. The number of aryl methyl sites for hydroxylation is 1. The molecule has 0 aliphatic rings. The first-order valence-corrected chi connectivity index (χ1v) is 13.5. The molecular formula is C29H48N4O5. The summed E-state index contributed by atoms with van der Waals surface area (Å²) in [5, 5.41) is 5.51. The van der Waals surface area contributed by atoms with Crippen molar-refractivity contribution in [3.8, 4) is 0 Å². The number of primary amides is 1. The predicted molar refractivity (Wildman–Crippen MR) is 149 cm³/mol. The Bertz CT molecular complexity index is 949. The molecule has 4 amide bonds. The molecule has 0 radical (unpaired) electrons. The Labute approximate surface area is 228 Å². The molecule has 0 heterocycles. The van der Waals surface area contributed by atoms with Gasteiger partial charge in [-0.3, -0.25) is 14.4 Å². The van der Waals surface area contributed by atoms with E-state index in [1.165, 1.54) is 4.90 Å². The molecule has 0 aromatic heterocycles. The third-order valence-electron chi connectivity index (χ3n) is 5.60. The fourth-order valence-corrected chi connectivity index (χ4v) is 4.05. The number of carbonyl (C=O) groups excluding carboxylic acids is 4. The Morgan fingerprint density at radius 1 is 1.00 bits per heavy atom. The summed E-state index contributed by atoms with van der Waals surface area (Å²) in [4.78, 5) is 53.7. The van der Waals surface area contributed by atoms with Crippen LogP contribution in [0, 0.1) is 6.92 Å². The fourth-order valence-electron chi connectivity index (χ4n) is 4.05. The highest BCUT2D eigenvalue weighted by Crippen LogP contribution is 2.26. The van der Waals surface area contributed by atoms with Gasteiger partial charge in [0.1, 0.15) is 17.7 Å². The number of ether oxygens (including phenoxy) is 1. The molecular weight excluding hydrogens is 484 g/mol. The van der Waals surface area contributed by atoms with Crippen LogP contribution in [-0.2, 0) is 19.1 Å². The van der Waals surface area contributed by atoms with Gasteiger partial charge in [-0.1, -0.05) is 62.4 Å². The van der Waals surface area contributed by atoms with Crippen LogP contribution >= 0.6 is 0 Å². The lowest BCUT2D eigenvalue weighted by atomic mass is 9.98. The topological polar surface area (TPSA) is 131 Å². The van der Waals surface area contributed by atoms with E-state index in [9.17, 15) is 19.2 Å². The van der Waals surface area contributed by atoms with Crippen LogP contribution in [0.15, 0.2) is 24.3 Å².